The lowest BCUT2D eigenvalue weighted by molar-refractivity contribution is -0.170. The van der Waals surface area contributed by atoms with Crippen LogP contribution in [-0.2, 0) is 15.7 Å². The smallest absolute Gasteiger partial charge is 0.450 e. The quantitative estimate of drug-likeness (QED) is 0.152. The van der Waals surface area contributed by atoms with Gasteiger partial charge in [0.25, 0.3) is 0 Å². The minimum atomic E-state index is -4.97. The summed E-state index contributed by atoms with van der Waals surface area (Å²) in [4.78, 5) is 43.5. The van der Waals surface area contributed by atoms with E-state index < -0.39 is 42.0 Å². The van der Waals surface area contributed by atoms with Gasteiger partial charge in [0.05, 0.1) is 19.2 Å². The number of ketones is 2. The average molecular weight is 567 g/mol. The highest BCUT2D eigenvalue weighted by Crippen LogP contribution is 2.29. The number of halogens is 6. The van der Waals surface area contributed by atoms with Crippen molar-refractivity contribution >= 4 is 17.5 Å². The fourth-order valence-corrected chi connectivity index (χ4v) is 2.56. The summed E-state index contributed by atoms with van der Waals surface area (Å²) < 4.78 is 76.5. The lowest BCUT2D eigenvalue weighted by Gasteiger charge is -2.03. The van der Waals surface area contributed by atoms with Crippen molar-refractivity contribution in [3.05, 3.63) is 96.3 Å². The van der Waals surface area contributed by atoms with E-state index in [0.717, 1.165) is 6.07 Å². The van der Waals surface area contributed by atoms with Gasteiger partial charge in [-0.05, 0) is 42.5 Å². The third-order valence-electron chi connectivity index (χ3n) is 4.46. The van der Waals surface area contributed by atoms with Gasteiger partial charge in [0.1, 0.15) is 22.8 Å². The van der Waals surface area contributed by atoms with E-state index in [4.69, 9.17) is 0 Å². The molecule has 0 spiro atoms. The van der Waals surface area contributed by atoms with Gasteiger partial charge in [-0.2, -0.15) is 31.4 Å². The summed E-state index contributed by atoms with van der Waals surface area (Å²) in [5.41, 5.74) is -0.0876. The van der Waals surface area contributed by atoms with Gasteiger partial charge < -0.3 is 4.74 Å². The van der Waals surface area contributed by atoms with E-state index in [9.17, 15) is 40.7 Å². The molecule has 210 valence electrons. The molecule has 0 aliphatic rings. The monoisotopic (exact) mass is 567 g/mol. The van der Waals surface area contributed by atoms with E-state index in [1.54, 1.807) is 42.6 Å². The molecule has 0 radical (unpaired) electrons. The normalized spacial score (nSPS) is 10.8. The van der Waals surface area contributed by atoms with Crippen LogP contribution in [0.15, 0.2) is 79.3 Å². The predicted molar refractivity (Wildman–Crippen MR) is 127 cm³/mol. The fraction of sp³-hybridized carbons (Fsp3) is 0.160. The third kappa shape index (κ3) is 10.1. The van der Waals surface area contributed by atoms with Crippen molar-refractivity contribution in [1.82, 2.24) is 25.1 Å². The molecular formula is C25H19F6N5O4. The van der Waals surface area contributed by atoms with Crippen LogP contribution >= 0.6 is 0 Å². The second kappa shape index (κ2) is 14.3. The van der Waals surface area contributed by atoms with Gasteiger partial charge in [0.15, 0.2) is 5.78 Å². The second-order valence-corrected chi connectivity index (χ2v) is 7.32. The lowest BCUT2D eigenvalue weighted by atomic mass is 10.1. The number of methoxy groups -OCH3 is 1. The predicted octanol–water partition coefficient (Wildman–Crippen LogP) is 5.14. The van der Waals surface area contributed by atoms with E-state index in [0.29, 0.717) is 11.4 Å². The molecule has 0 saturated carbocycles. The first-order chi connectivity index (χ1) is 18.8. The standard InChI is InChI=1S/C9H6F3N3.C9H6F3NO2.C7H7NO2/c10-9(11,12)8-5-7(14-15-8)6-3-1-2-4-13-6;10-9(11,12)8(15)5-7(14)6-3-1-2-4-13-6;1-10-7(9)6-4-2-3-5-8-6/h1-5H,(H,14,15);1-4H,5H2;2-5H,1H3. The van der Waals surface area contributed by atoms with Crippen LogP contribution in [0.3, 0.4) is 0 Å². The molecule has 0 bridgehead atoms. The van der Waals surface area contributed by atoms with Crippen molar-refractivity contribution in [1.29, 1.82) is 0 Å². The zero-order valence-corrected chi connectivity index (χ0v) is 20.4. The Hall–Kier alpha value is -4.95. The average Bonchev–Trinajstić information content (AvgIpc) is 3.46. The number of Topliss-reactive ketones (excluding diaryl/α,β-unsaturated/α-hetero) is 2. The fourth-order valence-electron chi connectivity index (χ4n) is 2.56. The number of aromatic amines is 1. The molecule has 0 aliphatic carbocycles. The molecule has 9 nitrogen and oxygen atoms in total. The Morgan fingerprint density at radius 3 is 1.75 bits per heavy atom. The SMILES string of the molecule is COC(=O)c1ccccn1.FC(F)(F)c1cc(-c2ccccn2)n[nH]1.O=C(CC(=O)C(F)(F)F)c1ccccn1. The number of carbonyl (C=O) groups excluding carboxylic acids is 3. The number of carbonyl (C=O) groups is 3. The largest absolute Gasteiger partial charge is 0.464 e. The lowest BCUT2D eigenvalue weighted by Crippen LogP contribution is -2.25. The maximum absolute atomic E-state index is 12.2. The van der Waals surface area contributed by atoms with Crippen LogP contribution in [0.4, 0.5) is 26.3 Å². The first-order valence-electron chi connectivity index (χ1n) is 10.9. The van der Waals surface area contributed by atoms with Crippen molar-refractivity contribution in [2.75, 3.05) is 7.11 Å². The molecule has 40 heavy (non-hydrogen) atoms. The molecule has 15 heteroatoms. The number of rotatable bonds is 5. The molecule has 4 rings (SSSR count). The molecular weight excluding hydrogens is 548 g/mol. The van der Waals surface area contributed by atoms with Crippen LogP contribution in [0.2, 0.25) is 0 Å². The summed E-state index contributed by atoms with van der Waals surface area (Å²) in [5.74, 6) is -3.39. The van der Waals surface area contributed by atoms with E-state index >= 15 is 0 Å². The highest BCUT2D eigenvalue weighted by molar-refractivity contribution is 6.08. The van der Waals surface area contributed by atoms with Crippen LogP contribution < -0.4 is 0 Å². The van der Waals surface area contributed by atoms with Crippen molar-refractivity contribution < 1.29 is 45.5 Å². The van der Waals surface area contributed by atoms with Gasteiger partial charge in [-0.1, -0.05) is 18.2 Å². The maximum atomic E-state index is 12.2. The Bertz CT molecular complexity index is 1380. The zero-order valence-electron chi connectivity index (χ0n) is 20.4. The molecule has 0 amide bonds. The van der Waals surface area contributed by atoms with Gasteiger partial charge in [-0.15, -0.1) is 0 Å². The van der Waals surface area contributed by atoms with Crippen molar-refractivity contribution in [2.45, 2.75) is 18.8 Å². The number of ether oxygens (including phenoxy) is 1. The number of hydrogen-bond acceptors (Lipinski definition) is 8. The number of alkyl halides is 6. The topological polar surface area (TPSA) is 128 Å². The summed E-state index contributed by atoms with van der Waals surface area (Å²) in [5, 5.41) is 5.47. The molecule has 0 fully saturated rings. The molecule has 4 aromatic rings. The number of aromatic nitrogens is 5. The van der Waals surface area contributed by atoms with Crippen LogP contribution in [0.25, 0.3) is 11.4 Å². The minimum Gasteiger partial charge on any atom is -0.464 e. The van der Waals surface area contributed by atoms with Gasteiger partial charge in [0.2, 0.25) is 5.78 Å². The van der Waals surface area contributed by atoms with Crippen LogP contribution in [0, 0.1) is 0 Å². The molecule has 0 atom stereocenters. The van der Waals surface area contributed by atoms with Crippen LogP contribution in [0.5, 0.6) is 0 Å². The third-order valence-corrected chi connectivity index (χ3v) is 4.46. The second-order valence-electron chi connectivity index (χ2n) is 7.32. The highest BCUT2D eigenvalue weighted by atomic mass is 19.4. The van der Waals surface area contributed by atoms with Gasteiger partial charge >= 0.3 is 18.3 Å². The first kappa shape index (κ1) is 31.3. The number of nitrogens with zero attached hydrogens (tertiary/aromatic N) is 4. The Labute approximate surface area is 222 Å². The molecule has 4 heterocycles. The van der Waals surface area contributed by atoms with E-state index in [1.807, 2.05) is 5.10 Å². The van der Waals surface area contributed by atoms with E-state index in [2.05, 4.69) is 24.8 Å². The Morgan fingerprint density at radius 1 is 0.775 bits per heavy atom. The Kier molecular flexibility index (Phi) is 11.2. The summed E-state index contributed by atoms with van der Waals surface area (Å²) in [6, 6.07) is 15.2. The molecule has 0 aromatic carbocycles. The van der Waals surface area contributed by atoms with Gasteiger partial charge in [0, 0.05) is 18.6 Å². The highest BCUT2D eigenvalue weighted by Gasteiger charge is 2.39. The number of esters is 1. The number of pyridine rings is 3. The summed E-state index contributed by atoms with van der Waals surface area (Å²) in [6.45, 7) is 0. The van der Waals surface area contributed by atoms with Gasteiger partial charge in [-0.3, -0.25) is 24.7 Å². The molecule has 1 N–H and O–H groups in total. The van der Waals surface area contributed by atoms with Gasteiger partial charge in [-0.25, -0.2) is 9.78 Å². The van der Waals surface area contributed by atoms with Crippen molar-refractivity contribution in [2.24, 2.45) is 0 Å². The Morgan fingerprint density at radius 2 is 1.32 bits per heavy atom. The number of H-pyrrole nitrogens is 1. The van der Waals surface area contributed by atoms with Crippen LogP contribution in [0.1, 0.15) is 33.1 Å². The van der Waals surface area contributed by atoms with Crippen LogP contribution in [-0.4, -0.2) is 56.0 Å². The minimum absolute atomic E-state index is 0.143. The molecule has 0 saturated heterocycles. The first-order valence-corrected chi connectivity index (χ1v) is 10.9. The van der Waals surface area contributed by atoms with E-state index in [1.165, 1.54) is 37.7 Å². The summed E-state index contributed by atoms with van der Waals surface area (Å²) in [6.07, 6.45) is -6.25. The molecule has 0 unspecified atom stereocenters. The molecule has 4 aromatic heterocycles. The number of hydrogen-bond donors (Lipinski definition) is 1. The van der Waals surface area contributed by atoms with Crippen molar-refractivity contribution in [3.8, 4) is 11.4 Å². The number of nitrogens with one attached hydrogen (secondary N) is 1. The maximum Gasteiger partial charge on any atom is 0.450 e. The summed E-state index contributed by atoms with van der Waals surface area (Å²) in [7, 11) is 1.33. The zero-order chi connectivity index (χ0) is 29.8. The Balaban J connectivity index is 0.000000215. The van der Waals surface area contributed by atoms with E-state index in [-0.39, 0.29) is 11.4 Å². The molecule has 0 aliphatic heterocycles. The van der Waals surface area contributed by atoms with Crippen molar-refractivity contribution in [3.63, 3.8) is 0 Å². The summed E-state index contributed by atoms with van der Waals surface area (Å²) >= 11 is 0.